The van der Waals surface area contributed by atoms with Crippen molar-refractivity contribution >= 4 is 0 Å². The van der Waals surface area contributed by atoms with Gasteiger partial charge in [-0.2, -0.15) is 0 Å². The Kier molecular flexibility index (Phi) is 16.6. The molecule has 1 rings (SSSR count). The molecule has 1 fully saturated rings. The first-order valence-corrected chi connectivity index (χ1v) is 12.6. The van der Waals surface area contributed by atoms with Crippen LogP contribution in [0.4, 0.5) is 0 Å². The molecule has 1 saturated heterocycles. The van der Waals surface area contributed by atoms with Gasteiger partial charge in [0.1, 0.15) is 0 Å². The van der Waals surface area contributed by atoms with Crippen LogP contribution in [0.25, 0.3) is 0 Å². The molecule has 0 amide bonds. The van der Waals surface area contributed by atoms with Gasteiger partial charge in [0.15, 0.2) is 0 Å². The predicted octanol–water partition coefficient (Wildman–Crippen LogP) is 7.34. The van der Waals surface area contributed by atoms with Crippen LogP contribution in [0.1, 0.15) is 129 Å². The summed E-state index contributed by atoms with van der Waals surface area (Å²) in [5.41, 5.74) is 0. The summed E-state index contributed by atoms with van der Waals surface area (Å²) in [5, 5.41) is 10.3. The van der Waals surface area contributed by atoms with Gasteiger partial charge < -0.3 is 10.0 Å². The first kappa shape index (κ1) is 25.0. The summed E-state index contributed by atoms with van der Waals surface area (Å²) < 4.78 is 0. The molecule has 162 valence electrons. The van der Waals surface area contributed by atoms with E-state index in [0.717, 1.165) is 18.8 Å². The Bertz CT molecular complexity index is 307. The van der Waals surface area contributed by atoms with Crippen LogP contribution in [-0.4, -0.2) is 36.2 Å². The Morgan fingerprint density at radius 2 is 1.26 bits per heavy atom. The number of aliphatic hydroxyl groups excluding tert-OH is 1. The molecule has 1 heterocycles. The third-order valence-electron chi connectivity index (χ3n) is 6.47. The first-order chi connectivity index (χ1) is 13.2. The molecule has 2 nitrogen and oxygen atoms in total. The Labute approximate surface area is 171 Å². The monoisotopic (exact) mass is 381 g/mol. The van der Waals surface area contributed by atoms with E-state index >= 15 is 0 Å². The van der Waals surface area contributed by atoms with Crippen LogP contribution in [0.3, 0.4) is 0 Å². The van der Waals surface area contributed by atoms with Gasteiger partial charge in [-0.3, -0.25) is 0 Å². The zero-order valence-electron chi connectivity index (χ0n) is 18.9. The van der Waals surface area contributed by atoms with E-state index in [1.807, 2.05) is 0 Å². The normalized spacial score (nSPS) is 19.4. The third kappa shape index (κ3) is 15.5. The molecule has 1 aliphatic heterocycles. The van der Waals surface area contributed by atoms with Gasteiger partial charge in [0.05, 0.1) is 6.10 Å². The van der Waals surface area contributed by atoms with Crippen molar-refractivity contribution in [2.45, 2.75) is 135 Å². The van der Waals surface area contributed by atoms with Gasteiger partial charge in [-0.1, -0.05) is 103 Å². The molecule has 0 saturated carbocycles. The number of rotatable bonds is 18. The van der Waals surface area contributed by atoms with E-state index in [-0.39, 0.29) is 6.10 Å². The summed E-state index contributed by atoms with van der Waals surface area (Å²) in [4.78, 5) is 2.43. The largest absolute Gasteiger partial charge is 0.393 e. The fourth-order valence-corrected chi connectivity index (χ4v) is 4.72. The molecule has 0 unspecified atom stereocenters. The summed E-state index contributed by atoms with van der Waals surface area (Å²) in [6.45, 7) is 4.72. The van der Waals surface area contributed by atoms with Crippen LogP contribution in [0.15, 0.2) is 0 Å². The quantitative estimate of drug-likeness (QED) is 0.251. The topological polar surface area (TPSA) is 23.5 Å². The second-order valence-corrected chi connectivity index (χ2v) is 9.40. The van der Waals surface area contributed by atoms with E-state index in [2.05, 4.69) is 18.9 Å². The van der Waals surface area contributed by atoms with Gasteiger partial charge in [0.25, 0.3) is 0 Å². The summed E-state index contributed by atoms with van der Waals surface area (Å²) in [7, 11) is 2.22. The second-order valence-electron chi connectivity index (χ2n) is 9.40. The summed E-state index contributed by atoms with van der Waals surface area (Å²) in [5.74, 6) is 0.732. The highest BCUT2D eigenvalue weighted by molar-refractivity contribution is 4.73. The summed E-state index contributed by atoms with van der Waals surface area (Å²) >= 11 is 0. The molecule has 2 heteroatoms. The minimum atomic E-state index is -0.0523. The number of unbranched alkanes of at least 4 members (excludes halogenated alkanes) is 14. The van der Waals surface area contributed by atoms with Crippen LogP contribution < -0.4 is 0 Å². The van der Waals surface area contributed by atoms with E-state index in [1.165, 1.54) is 122 Å². The van der Waals surface area contributed by atoms with E-state index in [0.29, 0.717) is 0 Å². The fourth-order valence-electron chi connectivity index (χ4n) is 4.72. The molecule has 27 heavy (non-hydrogen) atoms. The van der Waals surface area contributed by atoms with Crippen molar-refractivity contribution < 1.29 is 5.11 Å². The molecule has 0 aliphatic carbocycles. The Hall–Kier alpha value is -0.0800. The van der Waals surface area contributed by atoms with Crippen molar-refractivity contribution in [1.82, 2.24) is 4.90 Å². The van der Waals surface area contributed by atoms with Crippen molar-refractivity contribution in [1.29, 1.82) is 0 Å². The number of aliphatic hydroxyl groups is 1. The smallest absolute Gasteiger partial charge is 0.0543 e. The number of likely N-dealkylation sites (tertiary alicyclic amines) is 1. The van der Waals surface area contributed by atoms with E-state index in [4.69, 9.17) is 0 Å². The average Bonchev–Trinajstić information content (AvgIpc) is 2.65. The molecule has 0 radical (unpaired) electrons. The van der Waals surface area contributed by atoms with Crippen LogP contribution in [0.5, 0.6) is 0 Å². The van der Waals surface area contributed by atoms with Gasteiger partial charge in [-0.05, 0) is 45.2 Å². The maximum absolute atomic E-state index is 10.3. The molecular weight excluding hydrogens is 330 g/mol. The zero-order chi connectivity index (χ0) is 19.6. The maximum atomic E-state index is 10.3. The lowest BCUT2D eigenvalue weighted by Crippen LogP contribution is -2.33. The van der Waals surface area contributed by atoms with Crippen LogP contribution in [0, 0.1) is 5.92 Å². The number of nitrogens with zero attached hydrogens (tertiary/aromatic N) is 1. The van der Waals surface area contributed by atoms with Crippen molar-refractivity contribution in [2.75, 3.05) is 20.1 Å². The Morgan fingerprint density at radius 1 is 0.778 bits per heavy atom. The number of piperidine rings is 1. The standard InChI is InChI=1S/C25H51NO/c1-3-4-5-6-7-8-9-10-11-12-13-14-15-16-17-20-25(27)22-24-19-18-21-26(2)23-24/h24-25,27H,3-23H2,1-2H3/t24-,25-/m0/s1. The molecule has 0 bridgehead atoms. The zero-order valence-corrected chi connectivity index (χ0v) is 18.9. The van der Waals surface area contributed by atoms with Crippen LogP contribution in [0.2, 0.25) is 0 Å². The maximum Gasteiger partial charge on any atom is 0.0543 e. The lowest BCUT2D eigenvalue weighted by molar-refractivity contribution is 0.101. The van der Waals surface area contributed by atoms with Gasteiger partial charge in [-0.25, -0.2) is 0 Å². The summed E-state index contributed by atoms with van der Waals surface area (Å²) in [6, 6.07) is 0. The highest BCUT2D eigenvalue weighted by Gasteiger charge is 2.19. The van der Waals surface area contributed by atoms with Gasteiger partial charge in [0.2, 0.25) is 0 Å². The van der Waals surface area contributed by atoms with Gasteiger partial charge in [0, 0.05) is 6.54 Å². The molecule has 0 aromatic rings. The molecule has 2 atom stereocenters. The third-order valence-corrected chi connectivity index (χ3v) is 6.47. The predicted molar refractivity (Wildman–Crippen MR) is 120 cm³/mol. The van der Waals surface area contributed by atoms with Gasteiger partial charge >= 0.3 is 0 Å². The second kappa shape index (κ2) is 18.0. The summed E-state index contributed by atoms with van der Waals surface area (Å²) in [6.07, 6.45) is 25.8. The molecule has 0 aromatic heterocycles. The highest BCUT2D eigenvalue weighted by atomic mass is 16.3. The minimum absolute atomic E-state index is 0.0523. The molecule has 1 N–H and O–H groups in total. The Balaban J connectivity index is 1.76. The highest BCUT2D eigenvalue weighted by Crippen LogP contribution is 2.22. The lowest BCUT2D eigenvalue weighted by Gasteiger charge is -2.30. The number of hydrogen-bond acceptors (Lipinski definition) is 2. The Morgan fingerprint density at radius 3 is 1.74 bits per heavy atom. The molecule has 0 spiro atoms. The fraction of sp³-hybridized carbons (Fsp3) is 1.00. The van der Waals surface area contributed by atoms with Crippen LogP contribution >= 0.6 is 0 Å². The average molecular weight is 382 g/mol. The first-order valence-electron chi connectivity index (χ1n) is 12.6. The van der Waals surface area contributed by atoms with Crippen molar-refractivity contribution in [3.8, 4) is 0 Å². The molecule has 0 aromatic carbocycles. The molecular formula is C25H51NO. The van der Waals surface area contributed by atoms with E-state index in [9.17, 15) is 5.11 Å². The molecule has 1 aliphatic rings. The van der Waals surface area contributed by atoms with E-state index < -0.39 is 0 Å². The van der Waals surface area contributed by atoms with Gasteiger partial charge in [-0.15, -0.1) is 0 Å². The lowest BCUT2D eigenvalue weighted by atomic mass is 9.91. The van der Waals surface area contributed by atoms with Crippen molar-refractivity contribution in [2.24, 2.45) is 5.92 Å². The van der Waals surface area contributed by atoms with Crippen molar-refractivity contribution in [3.05, 3.63) is 0 Å². The van der Waals surface area contributed by atoms with Crippen molar-refractivity contribution in [3.63, 3.8) is 0 Å². The minimum Gasteiger partial charge on any atom is -0.393 e. The van der Waals surface area contributed by atoms with E-state index in [1.54, 1.807) is 0 Å². The SMILES string of the molecule is CCCCCCCCCCCCCCCCC[C@H](O)C[C@@H]1CCCN(C)C1. The van der Waals surface area contributed by atoms with Crippen LogP contribution in [-0.2, 0) is 0 Å². The number of hydrogen-bond donors (Lipinski definition) is 1.